The van der Waals surface area contributed by atoms with Gasteiger partial charge in [0.1, 0.15) is 5.54 Å². The third-order valence-corrected chi connectivity index (χ3v) is 4.64. The Morgan fingerprint density at radius 3 is 2.84 bits per heavy atom. The molecule has 2 N–H and O–H groups in total. The van der Waals surface area contributed by atoms with Crippen molar-refractivity contribution in [1.29, 1.82) is 5.26 Å². The molecule has 110 valence electrons. The zero-order valence-corrected chi connectivity index (χ0v) is 12.7. The summed E-state index contributed by atoms with van der Waals surface area (Å²) >= 11 is 0. The molecule has 1 fully saturated rings. The molecule has 0 saturated heterocycles. The largest absolute Gasteiger partial charge is 0.383 e. The van der Waals surface area contributed by atoms with E-state index in [-0.39, 0.29) is 0 Å². The Balaban J connectivity index is 2.49. The Morgan fingerprint density at radius 1 is 1.53 bits per heavy atom. The molecule has 0 radical (unpaired) electrons. The fraction of sp³-hybridized carbons (Fsp3) is 0.933. The van der Waals surface area contributed by atoms with Gasteiger partial charge in [0.2, 0.25) is 0 Å². The zero-order valence-electron chi connectivity index (χ0n) is 12.7. The minimum atomic E-state index is -0.581. The Hall–Kier alpha value is -0.630. The fourth-order valence-corrected chi connectivity index (χ4v) is 2.99. The lowest BCUT2D eigenvalue weighted by Gasteiger charge is -2.31. The molecule has 0 bridgehead atoms. The first-order chi connectivity index (χ1) is 9.07. The predicted octanol–water partition coefficient (Wildman–Crippen LogP) is 2.14. The number of nitrogens with zero attached hydrogens (tertiary/aromatic N) is 2. The number of hydrogen-bond donors (Lipinski definition) is 1. The minimum absolute atomic E-state index is 0.353. The van der Waals surface area contributed by atoms with Gasteiger partial charge in [-0.2, -0.15) is 5.26 Å². The van der Waals surface area contributed by atoms with E-state index in [0.29, 0.717) is 12.0 Å². The molecular formula is C15H29N3O. The van der Waals surface area contributed by atoms with E-state index >= 15 is 0 Å². The van der Waals surface area contributed by atoms with Gasteiger partial charge in [-0.1, -0.05) is 13.3 Å². The van der Waals surface area contributed by atoms with Crippen LogP contribution in [0.1, 0.15) is 46.0 Å². The maximum absolute atomic E-state index is 9.25. The highest BCUT2D eigenvalue weighted by atomic mass is 16.5. The number of ether oxygens (including phenoxy) is 1. The van der Waals surface area contributed by atoms with Gasteiger partial charge in [0.25, 0.3) is 0 Å². The quantitative estimate of drug-likeness (QED) is 0.732. The van der Waals surface area contributed by atoms with Gasteiger partial charge in [-0.15, -0.1) is 0 Å². The Bertz CT molecular complexity index is 302. The lowest BCUT2D eigenvalue weighted by Crippen LogP contribution is -2.44. The second-order valence-electron chi connectivity index (χ2n) is 5.82. The third-order valence-electron chi connectivity index (χ3n) is 4.64. The molecule has 1 aliphatic rings. The van der Waals surface area contributed by atoms with Crippen molar-refractivity contribution in [3.05, 3.63) is 0 Å². The van der Waals surface area contributed by atoms with E-state index in [0.717, 1.165) is 51.8 Å². The van der Waals surface area contributed by atoms with E-state index in [2.05, 4.69) is 24.8 Å². The highest BCUT2D eigenvalue weighted by molar-refractivity contribution is 5.11. The van der Waals surface area contributed by atoms with Crippen molar-refractivity contribution in [2.45, 2.75) is 57.5 Å². The molecule has 0 aromatic heterocycles. The van der Waals surface area contributed by atoms with Gasteiger partial charge in [0.05, 0.1) is 12.7 Å². The average Bonchev–Trinajstić information content (AvgIpc) is 2.80. The van der Waals surface area contributed by atoms with Crippen molar-refractivity contribution in [2.75, 3.05) is 26.8 Å². The van der Waals surface area contributed by atoms with E-state index < -0.39 is 5.54 Å². The van der Waals surface area contributed by atoms with Crippen LogP contribution >= 0.6 is 0 Å². The monoisotopic (exact) mass is 267 g/mol. The average molecular weight is 267 g/mol. The molecule has 4 heteroatoms. The molecule has 19 heavy (non-hydrogen) atoms. The second kappa shape index (κ2) is 7.84. The first-order valence-electron chi connectivity index (χ1n) is 7.50. The fourth-order valence-electron chi connectivity index (χ4n) is 2.99. The predicted molar refractivity (Wildman–Crippen MR) is 77.7 cm³/mol. The minimum Gasteiger partial charge on any atom is -0.383 e. The molecule has 0 aromatic rings. The highest BCUT2D eigenvalue weighted by Crippen LogP contribution is 2.35. The molecule has 0 aromatic carbocycles. The van der Waals surface area contributed by atoms with E-state index in [1.807, 2.05) is 0 Å². The van der Waals surface area contributed by atoms with Gasteiger partial charge >= 0.3 is 0 Å². The summed E-state index contributed by atoms with van der Waals surface area (Å²) in [5.41, 5.74) is 5.61. The van der Waals surface area contributed by atoms with Crippen LogP contribution in [-0.2, 0) is 4.74 Å². The van der Waals surface area contributed by atoms with E-state index in [1.54, 1.807) is 7.11 Å². The van der Waals surface area contributed by atoms with Crippen LogP contribution in [0.15, 0.2) is 0 Å². The smallest absolute Gasteiger partial charge is 0.107 e. The first-order valence-corrected chi connectivity index (χ1v) is 7.50. The highest BCUT2D eigenvalue weighted by Gasteiger charge is 2.39. The normalized spacial score (nSPS) is 28.5. The SMILES string of the molecule is CCC(C)N(CCOC)CCC1CCCC1(N)C#N. The van der Waals surface area contributed by atoms with Crippen molar-refractivity contribution < 1.29 is 4.74 Å². The van der Waals surface area contributed by atoms with Gasteiger partial charge in [0, 0.05) is 19.7 Å². The van der Waals surface area contributed by atoms with Crippen LogP contribution in [0.25, 0.3) is 0 Å². The summed E-state index contributed by atoms with van der Waals surface area (Å²) in [6.07, 6.45) is 5.22. The maximum atomic E-state index is 9.25. The summed E-state index contributed by atoms with van der Waals surface area (Å²) in [5.74, 6) is 0.353. The molecule has 1 rings (SSSR count). The van der Waals surface area contributed by atoms with Gasteiger partial charge < -0.3 is 10.5 Å². The lowest BCUT2D eigenvalue weighted by molar-refractivity contribution is 0.115. The van der Waals surface area contributed by atoms with Crippen LogP contribution in [0.4, 0.5) is 0 Å². The number of methoxy groups -OCH3 is 1. The summed E-state index contributed by atoms with van der Waals surface area (Å²) in [6.45, 7) is 7.21. The molecule has 0 spiro atoms. The van der Waals surface area contributed by atoms with Gasteiger partial charge in [-0.05, 0) is 45.1 Å². The van der Waals surface area contributed by atoms with Gasteiger partial charge in [-0.3, -0.25) is 4.90 Å². The van der Waals surface area contributed by atoms with Crippen LogP contribution in [0.5, 0.6) is 0 Å². The first kappa shape index (κ1) is 16.4. The Kier molecular flexibility index (Phi) is 6.78. The number of nitriles is 1. The molecule has 0 amide bonds. The number of nitrogens with two attached hydrogens (primary N) is 1. The second-order valence-corrected chi connectivity index (χ2v) is 5.82. The van der Waals surface area contributed by atoms with Crippen molar-refractivity contribution in [3.63, 3.8) is 0 Å². The maximum Gasteiger partial charge on any atom is 0.107 e. The van der Waals surface area contributed by atoms with Crippen molar-refractivity contribution in [1.82, 2.24) is 4.90 Å². The van der Waals surface area contributed by atoms with E-state index in [1.165, 1.54) is 0 Å². The molecule has 1 saturated carbocycles. The van der Waals surface area contributed by atoms with E-state index in [9.17, 15) is 5.26 Å². The van der Waals surface area contributed by atoms with Crippen LogP contribution in [0.2, 0.25) is 0 Å². The topological polar surface area (TPSA) is 62.3 Å². The van der Waals surface area contributed by atoms with Gasteiger partial charge in [0.15, 0.2) is 0 Å². The van der Waals surface area contributed by atoms with Crippen molar-refractivity contribution >= 4 is 0 Å². The Morgan fingerprint density at radius 2 is 2.26 bits per heavy atom. The van der Waals surface area contributed by atoms with Crippen molar-refractivity contribution in [3.8, 4) is 6.07 Å². The van der Waals surface area contributed by atoms with Crippen LogP contribution in [0.3, 0.4) is 0 Å². The molecule has 3 atom stereocenters. The zero-order chi connectivity index (χ0) is 14.3. The Labute approximate surface area is 117 Å². The molecule has 3 unspecified atom stereocenters. The van der Waals surface area contributed by atoms with E-state index in [4.69, 9.17) is 10.5 Å². The molecule has 4 nitrogen and oxygen atoms in total. The molecule has 0 aliphatic heterocycles. The van der Waals surface area contributed by atoms with Crippen LogP contribution in [-0.4, -0.2) is 43.3 Å². The molecule has 1 aliphatic carbocycles. The lowest BCUT2D eigenvalue weighted by atomic mass is 9.87. The van der Waals surface area contributed by atoms with Crippen molar-refractivity contribution in [2.24, 2.45) is 11.7 Å². The van der Waals surface area contributed by atoms with Crippen LogP contribution < -0.4 is 5.73 Å². The molecular weight excluding hydrogens is 238 g/mol. The summed E-state index contributed by atoms with van der Waals surface area (Å²) in [4.78, 5) is 2.46. The van der Waals surface area contributed by atoms with Gasteiger partial charge in [-0.25, -0.2) is 0 Å². The summed E-state index contributed by atoms with van der Waals surface area (Å²) in [5, 5.41) is 9.25. The number of rotatable bonds is 8. The summed E-state index contributed by atoms with van der Waals surface area (Å²) in [6, 6.07) is 2.90. The summed E-state index contributed by atoms with van der Waals surface area (Å²) in [7, 11) is 1.74. The third kappa shape index (κ3) is 4.45. The standard InChI is InChI=1S/C15H29N3O/c1-4-13(2)18(10-11-19-3)9-7-14-6-5-8-15(14,17)12-16/h13-14H,4-11,17H2,1-3H3. The molecule has 0 heterocycles. The van der Waals surface area contributed by atoms with Crippen LogP contribution in [0, 0.1) is 17.2 Å². The number of hydrogen-bond acceptors (Lipinski definition) is 4. The summed E-state index contributed by atoms with van der Waals surface area (Å²) < 4.78 is 5.18.